The Bertz CT molecular complexity index is 1150. The topological polar surface area (TPSA) is 64.2 Å². The molecular weight excluding hydrogens is 464 g/mol. The third-order valence-electron chi connectivity index (χ3n) is 7.86. The third kappa shape index (κ3) is 4.43. The number of rotatable bonds is 6. The second-order valence-electron chi connectivity index (χ2n) is 11.6. The number of carbonyl (C=O) groups excluding carboxylic acids is 3. The van der Waals surface area contributed by atoms with Gasteiger partial charge >= 0.3 is 6.03 Å². The van der Waals surface area contributed by atoms with E-state index in [2.05, 4.69) is 28.0 Å². The van der Waals surface area contributed by atoms with Crippen LogP contribution in [0.25, 0.3) is 0 Å². The molecule has 3 aliphatic rings. The summed E-state index contributed by atoms with van der Waals surface area (Å²) in [7, 11) is 0. The number of piperazine rings is 1. The molecule has 3 aliphatic heterocycles. The van der Waals surface area contributed by atoms with Gasteiger partial charge < -0.3 is 4.90 Å². The van der Waals surface area contributed by atoms with Crippen molar-refractivity contribution in [1.29, 1.82) is 0 Å². The van der Waals surface area contributed by atoms with Crippen LogP contribution in [0.4, 0.5) is 10.5 Å². The Morgan fingerprint density at radius 2 is 1.41 bits per heavy atom. The molecule has 5 rings (SSSR count). The number of fused-ring (bicyclic) bond motifs is 4. The highest BCUT2D eigenvalue weighted by atomic mass is 16.2. The van der Waals surface area contributed by atoms with Gasteiger partial charge in [0.1, 0.15) is 0 Å². The molecule has 2 saturated heterocycles. The van der Waals surface area contributed by atoms with Gasteiger partial charge in [-0.3, -0.25) is 24.3 Å². The Morgan fingerprint density at radius 3 is 2.03 bits per heavy atom. The normalized spacial score (nSPS) is 21.7. The van der Waals surface area contributed by atoms with E-state index in [1.165, 1.54) is 15.4 Å². The number of hydrogen-bond donors (Lipinski definition) is 0. The molecule has 0 radical (unpaired) electrons. The summed E-state index contributed by atoms with van der Waals surface area (Å²) in [5.41, 5.74) is 1.98. The van der Waals surface area contributed by atoms with Crippen molar-refractivity contribution in [2.45, 2.75) is 46.7 Å². The Labute approximate surface area is 220 Å². The molecule has 0 bridgehead atoms. The van der Waals surface area contributed by atoms with Crippen LogP contribution in [0.1, 0.15) is 38.8 Å². The van der Waals surface area contributed by atoms with Crippen LogP contribution in [0.2, 0.25) is 0 Å². The van der Waals surface area contributed by atoms with E-state index in [9.17, 15) is 14.4 Å². The second-order valence-corrected chi connectivity index (χ2v) is 11.6. The van der Waals surface area contributed by atoms with Crippen LogP contribution in [0, 0.1) is 17.3 Å². The first-order valence-electron chi connectivity index (χ1n) is 13.5. The van der Waals surface area contributed by atoms with E-state index in [4.69, 9.17) is 0 Å². The lowest BCUT2D eigenvalue weighted by atomic mass is 9.67. The summed E-state index contributed by atoms with van der Waals surface area (Å²) in [4.78, 5) is 49.8. The SMILES string of the molecule is CC(C)CN1C(=O)N(CC(C)C)C(=O)C2(Cc3ccccc3N3CCN(Cc4ccccc4)C[C@H]32)C1=O. The fourth-order valence-corrected chi connectivity index (χ4v) is 6.27. The number of amides is 4. The zero-order chi connectivity index (χ0) is 26.3. The van der Waals surface area contributed by atoms with Gasteiger partial charge in [0.15, 0.2) is 5.41 Å². The van der Waals surface area contributed by atoms with Gasteiger partial charge in [-0.15, -0.1) is 0 Å². The maximum atomic E-state index is 14.4. The Balaban J connectivity index is 1.60. The van der Waals surface area contributed by atoms with Crippen LogP contribution < -0.4 is 4.90 Å². The fraction of sp³-hybridized carbons (Fsp3) is 0.500. The minimum absolute atomic E-state index is 0.104. The van der Waals surface area contributed by atoms with E-state index in [1.54, 1.807) is 0 Å². The highest BCUT2D eigenvalue weighted by Gasteiger charge is 2.64. The molecule has 3 heterocycles. The summed E-state index contributed by atoms with van der Waals surface area (Å²) in [6.07, 6.45) is 0.317. The predicted molar refractivity (Wildman–Crippen MR) is 144 cm³/mol. The van der Waals surface area contributed by atoms with E-state index in [-0.39, 0.29) is 29.7 Å². The molecule has 2 fully saturated rings. The van der Waals surface area contributed by atoms with Crippen LogP contribution in [-0.2, 0) is 22.6 Å². The lowest BCUT2D eigenvalue weighted by Crippen LogP contribution is -2.76. The number of urea groups is 1. The Morgan fingerprint density at radius 1 is 0.811 bits per heavy atom. The van der Waals surface area contributed by atoms with Crippen LogP contribution >= 0.6 is 0 Å². The van der Waals surface area contributed by atoms with Crippen molar-refractivity contribution in [3.63, 3.8) is 0 Å². The number of benzene rings is 2. The minimum atomic E-state index is -1.33. The van der Waals surface area contributed by atoms with Gasteiger partial charge in [0, 0.05) is 45.0 Å². The molecule has 0 saturated carbocycles. The molecule has 7 nitrogen and oxygen atoms in total. The molecule has 2 aromatic carbocycles. The summed E-state index contributed by atoms with van der Waals surface area (Å²) in [6, 6.07) is 17.6. The molecule has 7 heteroatoms. The molecule has 1 atom stereocenters. The average molecular weight is 503 g/mol. The van der Waals surface area contributed by atoms with Crippen molar-refractivity contribution in [1.82, 2.24) is 14.7 Å². The molecule has 4 amide bonds. The smallest absolute Gasteiger partial charge is 0.333 e. The predicted octanol–water partition coefficient (Wildman–Crippen LogP) is 4.02. The zero-order valence-corrected chi connectivity index (χ0v) is 22.4. The number of carbonyl (C=O) groups is 3. The molecule has 0 unspecified atom stereocenters. The lowest BCUT2D eigenvalue weighted by Gasteiger charge is -2.57. The molecule has 0 N–H and O–H groups in total. The van der Waals surface area contributed by atoms with Crippen molar-refractivity contribution in [3.05, 3.63) is 65.7 Å². The molecule has 196 valence electrons. The summed E-state index contributed by atoms with van der Waals surface area (Å²) in [6.45, 7) is 11.5. The lowest BCUT2D eigenvalue weighted by molar-refractivity contribution is -0.162. The van der Waals surface area contributed by atoms with Crippen molar-refractivity contribution in [2.24, 2.45) is 17.3 Å². The largest absolute Gasteiger partial charge is 0.364 e. The summed E-state index contributed by atoms with van der Waals surface area (Å²) in [5.74, 6) is -0.455. The monoisotopic (exact) mass is 502 g/mol. The van der Waals surface area contributed by atoms with E-state index < -0.39 is 11.4 Å². The van der Waals surface area contributed by atoms with Crippen molar-refractivity contribution in [2.75, 3.05) is 37.6 Å². The molecule has 0 aromatic heterocycles. The van der Waals surface area contributed by atoms with Crippen LogP contribution in [0.5, 0.6) is 0 Å². The van der Waals surface area contributed by atoms with E-state index >= 15 is 0 Å². The quantitative estimate of drug-likeness (QED) is 0.559. The summed E-state index contributed by atoms with van der Waals surface area (Å²) >= 11 is 0. The van der Waals surface area contributed by atoms with Crippen molar-refractivity contribution < 1.29 is 14.4 Å². The molecular formula is C30H38N4O3. The average Bonchev–Trinajstić information content (AvgIpc) is 2.88. The van der Waals surface area contributed by atoms with Crippen LogP contribution in [-0.4, -0.2) is 71.3 Å². The first-order chi connectivity index (χ1) is 17.7. The maximum absolute atomic E-state index is 14.4. The first-order valence-corrected chi connectivity index (χ1v) is 13.5. The zero-order valence-electron chi connectivity index (χ0n) is 22.4. The maximum Gasteiger partial charge on any atom is 0.333 e. The van der Waals surface area contributed by atoms with E-state index in [0.29, 0.717) is 26.1 Å². The third-order valence-corrected chi connectivity index (χ3v) is 7.86. The van der Waals surface area contributed by atoms with Gasteiger partial charge in [0.05, 0.1) is 6.04 Å². The van der Waals surface area contributed by atoms with Gasteiger partial charge in [0.2, 0.25) is 11.8 Å². The van der Waals surface area contributed by atoms with Crippen molar-refractivity contribution >= 4 is 23.5 Å². The van der Waals surface area contributed by atoms with E-state index in [0.717, 1.165) is 30.9 Å². The number of para-hydroxylation sites is 1. The summed E-state index contributed by atoms with van der Waals surface area (Å²) in [5, 5.41) is 0. The molecule has 37 heavy (non-hydrogen) atoms. The number of anilines is 1. The second kappa shape index (κ2) is 9.93. The number of hydrogen-bond acceptors (Lipinski definition) is 5. The van der Waals surface area contributed by atoms with Crippen LogP contribution in [0.3, 0.4) is 0 Å². The molecule has 0 aliphatic carbocycles. The number of barbiturate groups is 1. The Hall–Kier alpha value is -3.19. The Kier molecular flexibility index (Phi) is 6.84. The highest BCUT2D eigenvalue weighted by Crippen LogP contribution is 2.47. The molecule has 1 spiro atoms. The minimum Gasteiger partial charge on any atom is -0.364 e. The molecule has 2 aromatic rings. The van der Waals surface area contributed by atoms with Gasteiger partial charge in [-0.2, -0.15) is 0 Å². The number of imide groups is 2. The van der Waals surface area contributed by atoms with Gasteiger partial charge in [0.25, 0.3) is 0 Å². The van der Waals surface area contributed by atoms with Gasteiger partial charge in [-0.25, -0.2) is 4.79 Å². The van der Waals surface area contributed by atoms with Gasteiger partial charge in [-0.05, 0) is 35.4 Å². The fourth-order valence-electron chi connectivity index (χ4n) is 6.27. The standard InChI is InChI=1S/C30H38N4O3/c1-21(2)17-33-27(35)30(28(36)34(29(33)37)18-22(3)4)16-24-12-8-9-13-25(24)32-15-14-31(20-26(30)32)19-23-10-6-5-7-11-23/h5-13,21-22,26H,14-20H2,1-4H3/t26-/m0/s1. The van der Waals surface area contributed by atoms with Crippen molar-refractivity contribution in [3.8, 4) is 0 Å². The summed E-state index contributed by atoms with van der Waals surface area (Å²) < 4.78 is 0. The van der Waals surface area contributed by atoms with Crippen LogP contribution in [0.15, 0.2) is 54.6 Å². The first kappa shape index (κ1) is 25.5. The van der Waals surface area contributed by atoms with Gasteiger partial charge in [-0.1, -0.05) is 76.2 Å². The number of nitrogens with zero attached hydrogens (tertiary/aromatic N) is 4. The van der Waals surface area contributed by atoms with E-state index in [1.807, 2.05) is 64.1 Å². The highest BCUT2D eigenvalue weighted by molar-refractivity contribution is 6.20.